The van der Waals surface area contributed by atoms with Crippen LogP contribution in [0.15, 0.2) is 4.52 Å². The van der Waals surface area contributed by atoms with Crippen molar-refractivity contribution in [2.75, 3.05) is 20.2 Å². The van der Waals surface area contributed by atoms with Gasteiger partial charge in [-0.3, -0.25) is 4.79 Å². The summed E-state index contributed by atoms with van der Waals surface area (Å²) in [6, 6.07) is 0. The third kappa shape index (κ3) is 3.55. The number of likely N-dealkylation sites (tertiary alicyclic amines) is 1. The fourth-order valence-corrected chi connectivity index (χ4v) is 5.13. The lowest BCUT2D eigenvalue weighted by molar-refractivity contribution is -0.139. The molecule has 2 heterocycles. The first-order chi connectivity index (χ1) is 12.7. The van der Waals surface area contributed by atoms with Crippen molar-refractivity contribution in [3.63, 3.8) is 0 Å². The van der Waals surface area contributed by atoms with Crippen molar-refractivity contribution in [3.05, 3.63) is 17.0 Å². The molecule has 0 bridgehead atoms. The SMILES string of the molecule is CO[C@@H]1CCC[C@H](C(=O)N2CCC(c3onc4c3C[C@H](C)CC4)CC2)C1. The van der Waals surface area contributed by atoms with Gasteiger partial charge >= 0.3 is 0 Å². The maximum Gasteiger partial charge on any atom is 0.225 e. The normalized spacial score (nSPS) is 30.2. The Morgan fingerprint density at radius 2 is 2.00 bits per heavy atom. The zero-order valence-corrected chi connectivity index (χ0v) is 16.2. The second-order valence-corrected chi connectivity index (χ2v) is 8.64. The number of aromatic nitrogens is 1. The number of amides is 1. The van der Waals surface area contributed by atoms with E-state index in [1.54, 1.807) is 7.11 Å². The van der Waals surface area contributed by atoms with Gasteiger partial charge < -0.3 is 14.2 Å². The summed E-state index contributed by atoms with van der Waals surface area (Å²) in [5, 5.41) is 4.34. The Bertz CT molecular complexity index is 633. The highest BCUT2D eigenvalue weighted by molar-refractivity contribution is 5.79. The highest BCUT2D eigenvalue weighted by Gasteiger charge is 2.35. The minimum atomic E-state index is 0.157. The molecule has 1 aromatic heterocycles. The smallest absolute Gasteiger partial charge is 0.225 e. The van der Waals surface area contributed by atoms with Crippen molar-refractivity contribution >= 4 is 5.91 Å². The van der Waals surface area contributed by atoms with Gasteiger partial charge in [-0.15, -0.1) is 0 Å². The van der Waals surface area contributed by atoms with E-state index in [0.29, 0.717) is 11.8 Å². The molecule has 1 aliphatic heterocycles. The fourth-order valence-electron chi connectivity index (χ4n) is 5.13. The minimum absolute atomic E-state index is 0.157. The van der Waals surface area contributed by atoms with Crippen molar-refractivity contribution in [1.82, 2.24) is 10.1 Å². The van der Waals surface area contributed by atoms with Crippen LogP contribution in [-0.4, -0.2) is 42.3 Å². The lowest BCUT2D eigenvalue weighted by Crippen LogP contribution is -2.43. The molecular formula is C21H32N2O3. The average Bonchev–Trinajstić information content (AvgIpc) is 3.10. The zero-order chi connectivity index (χ0) is 18.1. The van der Waals surface area contributed by atoms with E-state index in [1.165, 1.54) is 17.7 Å². The van der Waals surface area contributed by atoms with Gasteiger partial charge in [-0.1, -0.05) is 18.5 Å². The van der Waals surface area contributed by atoms with Crippen LogP contribution in [0.5, 0.6) is 0 Å². The summed E-state index contributed by atoms with van der Waals surface area (Å²) in [5.41, 5.74) is 2.56. The van der Waals surface area contributed by atoms with Gasteiger partial charge in [0.05, 0.1) is 11.8 Å². The Balaban J connectivity index is 1.36. The lowest BCUT2D eigenvalue weighted by atomic mass is 9.82. The van der Waals surface area contributed by atoms with E-state index in [0.717, 1.165) is 76.1 Å². The van der Waals surface area contributed by atoms with Crippen molar-refractivity contribution in [1.29, 1.82) is 0 Å². The highest BCUT2D eigenvalue weighted by atomic mass is 16.5. The molecular weight excluding hydrogens is 328 g/mol. The molecule has 2 aliphatic carbocycles. The van der Waals surface area contributed by atoms with Crippen LogP contribution in [0.1, 0.15) is 74.8 Å². The number of piperidine rings is 1. The Labute approximate surface area is 156 Å². The second kappa shape index (κ2) is 7.71. The number of hydrogen-bond acceptors (Lipinski definition) is 4. The quantitative estimate of drug-likeness (QED) is 0.824. The summed E-state index contributed by atoms with van der Waals surface area (Å²) in [6.45, 7) is 4.02. The molecule has 1 amide bonds. The third-order valence-electron chi connectivity index (χ3n) is 6.81. The molecule has 4 rings (SSSR count). The molecule has 1 aromatic rings. The number of nitrogens with zero attached hydrogens (tertiary/aromatic N) is 2. The van der Waals surface area contributed by atoms with Crippen LogP contribution >= 0.6 is 0 Å². The Kier molecular flexibility index (Phi) is 5.35. The number of rotatable bonds is 3. The van der Waals surface area contributed by atoms with Crippen LogP contribution in [0.4, 0.5) is 0 Å². The summed E-state index contributed by atoms with van der Waals surface area (Å²) >= 11 is 0. The molecule has 5 nitrogen and oxygen atoms in total. The summed E-state index contributed by atoms with van der Waals surface area (Å²) in [4.78, 5) is 15.0. The number of carbonyl (C=O) groups excluding carboxylic acids is 1. The van der Waals surface area contributed by atoms with Crippen molar-refractivity contribution in [2.24, 2.45) is 11.8 Å². The second-order valence-electron chi connectivity index (χ2n) is 8.64. The topological polar surface area (TPSA) is 55.6 Å². The first-order valence-corrected chi connectivity index (χ1v) is 10.4. The standard InChI is InChI=1S/C21H32N2O3/c1-14-6-7-19-18(12-14)20(26-22-19)15-8-10-23(11-9-15)21(24)16-4-3-5-17(13-16)25-2/h14-17H,3-13H2,1-2H3/t14-,16+,17-/m1/s1. The number of ether oxygens (including phenoxy) is 1. The van der Waals surface area contributed by atoms with Gasteiger partial charge in [-0.2, -0.15) is 0 Å². The van der Waals surface area contributed by atoms with Crippen LogP contribution in [0.3, 0.4) is 0 Å². The number of fused-ring (bicyclic) bond motifs is 1. The summed E-state index contributed by atoms with van der Waals surface area (Å²) in [6.07, 6.45) is 9.76. The molecule has 0 radical (unpaired) electrons. The number of carbonyl (C=O) groups is 1. The molecule has 3 atom stereocenters. The van der Waals surface area contributed by atoms with E-state index < -0.39 is 0 Å². The van der Waals surface area contributed by atoms with Gasteiger partial charge in [0.15, 0.2) is 0 Å². The Hall–Kier alpha value is -1.36. The fraction of sp³-hybridized carbons (Fsp3) is 0.810. The largest absolute Gasteiger partial charge is 0.381 e. The molecule has 1 saturated heterocycles. The van der Waals surface area contributed by atoms with Gasteiger partial charge in [0, 0.05) is 37.6 Å². The van der Waals surface area contributed by atoms with Gasteiger partial charge in [-0.05, 0) is 57.3 Å². The van der Waals surface area contributed by atoms with Gasteiger partial charge in [-0.25, -0.2) is 0 Å². The molecule has 0 N–H and O–H groups in total. The number of hydrogen-bond donors (Lipinski definition) is 0. The van der Waals surface area contributed by atoms with Crippen LogP contribution in [-0.2, 0) is 22.4 Å². The summed E-state index contributed by atoms with van der Waals surface area (Å²) in [7, 11) is 1.77. The maximum atomic E-state index is 12.9. The van der Waals surface area contributed by atoms with E-state index in [-0.39, 0.29) is 12.0 Å². The van der Waals surface area contributed by atoms with Gasteiger partial charge in [0.25, 0.3) is 0 Å². The van der Waals surface area contributed by atoms with Crippen molar-refractivity contribution < 1.29 is 14.1 Å². The van der Waals surface area contributed by atoms with Crippen molar-refractivity contribution in [2.45, 2.75) is 76.7 Å². The maximum absolute atomic E-state index is 12.9. The molecule has 0 spiro atoms. The molecule has 3 aliphatic rings. The molecule has 1 saturated carbocycles. The predicted molar refractivity (Wildman–Crippen MR) is 99.0 cm³/mol. The first-order valence-electron chi connectivity index (χ1n) is 10.4. The zero-order valence-electron chi connectivity index (χ0n) is 16.2. The highest BCUT2D eigenvalue weighted by Crippen LogP contribution is 2.37. The molecule has 144 valence electrons. The van der Waals surface area contributed by atoms with Gasteiger partial charge in [0.2, 0.25) is 5.91 Å². The van der Waals surface area contributed by atoms with E-state index >= 15 is 0 Å². The van der Waals surface area contributed by atoms with E-state index in [2.05, 4.69) is 17.0 Å². The number of methoxy groups -OCH3 is 1. The monoisotopic (exact) mass is 360 g/mol. The van der Waals surface area contributed by atoms with Crippen LogP contribution in [0.2, 0.25) is 0 Å². The van der Waals surface area contributed by atoms with Crippen molar-refractivity contribution in [3.8, 4) is 0 Å². The number of aryl methyl sites for hydroxylation is 1. The summed E-state index contributed by atoms with van der Waals surface area (Å²) in [5.74, 6) is 2.78. The molecule has 26 heavy (non-hydrogen) atoms. The lowest BCUT2D eigenvalue weighted by Gasteiger charge is -2.36. The van der Waals surface area contributed by atoms with E-state index in [9.17, 15) is 4.79 Å². The summed E-state index contributed by atoms with van der Waals surface area (Å²) < 4.78 is 11.3. The van der Waals surface area contributed by atoms with Crippen LogP contribution in [0, 0.1) is 11.8 Å². The van der Waals surface area contributed by atoms with E-state index in [1.807, 2.05) is 0 Å². The minimum Gasteiger partial charge on any atom is -0.381 e. The molecule has 0 aromatic carbocycles. The first kappa shape index (κ1) is 18.0. The molecule has 0 unspecified atom stereocenters. The predicted octanol–water partition coefficient (Wildman–Crippen LogP) is 3.71. The molecule has 5 heteroatoms. The third-order valence-corrected chi connectivity index (χ3v) is 6.81. The van der Waals surface area contributed by atoms with Gasteiger partial charge in [0.1, 0.15) is 5.76 Å². The van der Waals surface area contributed by atoms with E-state index in [4.69, 9.17) is 9.26 Å². The van der Waals surface area contributed by atoms with Crippen LogP contribution in [0.25, 0.3) is 0 Å². The Morgan fingerprint density at radius 3 is 2.77 bits per heavy atom. The average molecular weight is 360 g/mol. The Morgan fingerprint density at radius 1 is 1.19 bits per heavy atom. The molecule has 2 fully saturated rings. The van der Waals surface area contributed by atoms with Crippen LogP contribution < -0.4 is 0 Å².